The van der Waals surface area contributed by atoms with Crippen LogP contribution in [0.2, 0.25) is 0 Å². The zero-order valence-corrected chi connectivity index (χ0v) is 20.8. The fourth-order valence-electron chi connectivity index (χ4n) is 4.94. The molecule has 0 radical (unpaired) electrons. The smallest absolute Gasteiger partial charge is 0.236 e. The summed E-state index contributed by atoms with van der Waals surface area (Å²) in [6, 6.07) is 11.0. The molecule has 34 heavy (non-hydrogen) atoms. The van der Waals surface area contributed by atoms with E-state index in [2.05, 4.69) is 4.98 Å². The van der Waals surface area contributed by atoms with Gasteiger partial charge in [-0.1, -0.05) is 0 Å². The normalized spacial score (nSPS) is 18.7. The lowest BCUT2D eigenvalue weighted by Gasteiger charge is -2.34. The third kappa shape index (κ3) is 3.66. The molecule has 0 saturated carbocycles. The second kappa shape index (κ2) is 8.37. The van der Waals surface area contributed by atoms with Gasteiger partial charge in [0.1, 0.15) is 17.0 Å². The maximum absolute atomic E-state index is 12.2. The maximum Gasteiger partial charge on any atom is 0.236 e. The van der Waals surface area contributed by atoms with Crippen LogP contribution in [-0.2, 0) is 25.1 Å². The fraction of sp³-hybridized carbons (Fsp3) is 0.333. The van der Waals surface area contributed by atoms with E-state index in [4.69, 9.17) is 9.47 Å². The highest BCUT2D eigenvalue weighted by molar-refractivity contribution is 7.89. The van der Waals surface area contributed by atoms with E-state index >= 15 is 0 Å². The van der Waals surface area contributed by atoms with Crippen LogP contribution in [0.4, 0.5) is 0 Å². The summed E-state index contributed by atoms with van der Waals surface area (Å²) in [5.74, 6) is 1.26. The molecule has 1 saturated heterocycles. The number of aromatic nitrogens is 2. The largest absolute Gasteiger partial charge is 0.456 e. The molecule has 0 aliphatic carbocycles. The van der Waals surface area contributed by atoms with Crippen molar-refractivity contribution in [2.45, 2.75) is 25.3 Å². The number of methoxy groups -OCH3 is 1. The Hall–Kier alpha value is -2.95. The molecule has 8 nitrogen and oxygen atoms in total. The second-order valence-electron chi connectivity index (χ2n) is 8.64. The lowest BCUT2D eigenvalue weighted by Crippen LogP contribution is -2.43. The molecule has 10 heteroatoms. The third-order valence-corrected chi connectivity index (χ3v) is 8.83. The molecule has 4 heterocycles. The van der Waals surface area contributed by atoms with Crippen LogP contribution in [0, 0.1) is 6.92 Å². The Bertz CT molecular complexity index is 1510. The number of carbonyl (C=O) groups excluding carboxylic acids is 1. The zero-order chi connectivity index (χ0) is 24.1. The van der Waals surface area contributed by atoms with Crippen molar-refractivity contribution in [1.82, 2.24) is 13.9 Å². The van der Waals surface area contributed by atoms with Crippen LogP contribution < -0.4 is 4.74 Å². The lowest BCUT2D eigenvalue weighted by molar-refractivity contribution is -0.124. The summed E-state index contributed by atoms with van der Waals surface area (Å²) in [6.07, 6.45) is 5.54. The average Bonchev–Trinajstić information content (AvgIpc) is 3.48. The molecule has 3 aromatic heterocycles. The number of fused-ring (bicyclic) bond motifs is 2. The monoisotopic (exact) mass is 499 g/mol. The number of amides is 1. The minimum atomic E-state index is -3.41. The highest BCUT2D eigenvalue weighted by atomic mass is 32.2. The Morgan fingerprint density at radius 3 is 2.79 bits per heavy atom. The number of nitrogens with zero attached hydrogens (tertiary/aromatic N) is 3. The molecule has 1 aliphatic rings. The van der Waals surface area contributed by atoms with Crippen LogP contribution in [0.25, 0.3) is 21.1 Å². The minimum Gasteiger partial charge on any atom is -0.456 e. The molecule has 1 aromatic carbocycles. The topological polar surface area (TPSA) is 90.7 Å². The van der Waals surface area contributed by atoms with E-state index in [1.165, 1.54) is 10.2 Å². The summed E-state index contributed by atoms with van der Waals surface area (Å²) in [5.41, 5.74) is 1.56. The van der Waals surface area contributed by atoms with Gasteiger partial charge in [-0.2, -0.15) is 0 Å². The second-order valence-corrected chi connectivity index (χ2v) is 11.5. The molecule has 1 aliphatic heterocycles. The van der Waals surface area contributed by atoms with E-state index < -0.39 is 15.6 Å². The van der Waals surface area contributed by atoms with Crippen LogP contribution in [0.3, 0.4) is 0 Å². The Kier molecular flexibility index (Phi) is 5.62. The summed E-state index contributed by atoms with van der Waals surface area (Å²) >= 11 is 1.56. The van der Waals surface area contributed by atoms with E-state index in [1.807, 2.05) is 29.2 Å². The van der Waals surface area contributed by atoms with Crippen molar-refractivity contribution in [2.24, 2.45) is 0 Å². The molecule has 4 aromatic rings. The highest BCUT2D eigenvalue weighted by Crippen LogP contribution is 2.45. The number of aryl methyl sites for hydroxylation is 1. The SMILES string of the molecule is COC[C@@]1(c2cc3nccc(Oc4ccc5c(c4)cc(C)n5S(C)(=O)=O)c3s2)CCCN1C=O. The lowest BCUT2D eigenvalue weighted by atomic mass is 9.95. The van der Waals surface area contributed by atoms with E-state index in [0.717, 1.165) is 39.7 Å². The first kappa shape index (κ1) is 22.8. The summed E-state index contributed by atoms with van der Waals surface area (Å²) in [6.45, 7) is 2.88. The van der Waals surface area contributed by atoms with Gasteiger partial charge in [0.15, 0.2) is 0 Å². The number of pyridine rings is 1. The Balaban J connectivity index is 1.55. The molecule has 1 atom stereocenters. The van der Waals surface area contributed by atoms with Gasteiger partial charge < -0.3 is 14.4 Å². The van der Waals surface area contributed by atoms with Crippen molar-refractivity contribution < 1.29 is 22.7 Å². The van der Waals surface area contributed by atoms with Crippen LogP contribution >= 0.6 is 11.3 Å². The molecule has 0 N–H and O–H groups in total. The molecule has 1 fully saturated rings. The van der Waals surface area contributed by atoms with Crippen LogP contribution in [0.1, 0.15) is 23.4 Å². The van der Waals surface area contributed by atoms with E-state index in [0.29, 0.717) is 35.9 Å². The van der Waals surface area contributed by atoms with E-state index in [9.17, 15) is 13.2 Å². The highest BCUT2D eigenvalue weighted by Gasteiger charge is 2.43. The predicted molar refractivity (Wildman–Crippen MR) is 132 cm³/mol. The first-order chi connectivity index (χ1) is 16.3. The van der Waals surface area contributed by atoms with Crippen molar-refractivity contribution >= 4 is 48.9 Å². The van der Waals surface area contributed by atoms with Crippen molar-refractivity contribution in [3.63, 3.8) is 0 Å². The first-order valence-electron chi connectivity index (χ1n) is 10.9. The summed E-state index contributed by atoms with van der Waals surface area (Å²) < 4.78 is 38.3. The van der Waals surface area contributed by atoms with Gasteiger partial charge in [-0.25, -0.2) is 12.4 Å². The summed E-state index contributed by atoms with van der Waals surface area (Å²) in [5, 5.41) is 0.782. The van der Waals surface area contributed by atoms with Crippen molar-refractivity contribution in [3.8, 4) is 11.5 Å². The number of likely N-dealkylation sites (tertiary alicyclic amines) is 1. The minimum absolute atomic E-state index is 0.419. The number of hydrogen-bond donors (Lipinski definition) is 0. The molecule has 0 spiro atoms. The zero-order valence-electron chi connectivity index (χ0n) is 19.1. The quantitative estimate of drug-likeness (QED) is 0.353. The van der Waals surface area contributed by atoms with Gasteiger partial charge in [-0.3, -0.25) is 9.78 Å². The van der Waals surface area contributed by atoms with Gasteiger partial charge in [0.05, 0.1) is 28.6 Å². The van der Waals surface area contributed by atoms with E-state index in [-0.39, 0.29) is 0 Å². The number of ether oxygens (including phenoxy) is 2. The number of benzene rings is 1. The van der Waals surface area contributed by atoms with Crippen molar-refractivity contribution in [2.75, 3.05) is 26.5 Å². The molecular formula is C24H25N3O5S2. The Morgan fingerprint density at radius 2 is 2.06 bits per heavy atom. The van der Waals surface area contributed by atoms with Gasteiger partial charge in [0, 0.05) is 41.9 Å². The predicted octanol–water partition coefficient (Wildman–Crippen LogP) is 4.25. The van der Waals surface area contributed by atoms with E-state index in [1.54, 1.807) is 43.7 Å². The molecule has 1 amide bonds. The number of thiophene rings is 1. The molecular weight excluding hydrogens is 474 g/mol. The van der Waals surface area contributed by atoms with Gasteiger partial charge in [-0.15, -0.1) is 11.3 Å². The maximum atomic E-state index is 12.2. The van der Waals surface area contributed by atoms with Crippen molar-refractivity contribution in [3.05, 3.63) is 53.2 Å². The van der Waals surface area contributed by atoms with Gasteiger partial charge >= 0.3 is 0 Å². The third-order valence-electron chi connectivity index (χ3n) is 6.35. The van der Waals surface area contributed by atoms with Crippen LogP contribution in [0.5, 0.6) is 11.5 Å². The molecule has 5 rings (SSSR count). The number of hydrogen-bond acceptors (Lipinski definition) is 7. The summed E-state index contributed by atoms with van der Waals surface area (Å²) in [7, 11) is -1.76. The molecule has 178 valence electrons. The fourth-order valence-corrected chi connectivity index (χ4v) is 7.33. The number of rotatable bonds is 7. The Labute approximate surface area is 201 Å². The van der Waals surface area contributed by atoms with Gasteiger partial charge in [-0.05, 0) is 50.1 Å². The van der Waals surface area contributed by atoms with Crippen LogP contribution in [0.15, 0.2) is 42.6 Å². The summed E-state index contributed by atoms with van der Waals surface area (Å²) in [4.78, 5) is 19.2. The van der Waals surface area contributed by atoms with Crippen LogP contribution in [-0.4, -0.2) is 55.2 Å². The number of carbonyl (C=O) groups is 1. The standard InChI is InChI=1S/C24H25N3O5S2/c1-16-11-17-12-18(5-6-20(17)27(16)34(3,29)30)32-21-7-9-25-19-13-22(33-23(19)21)24(14-31-2)8-4-10-26(24)15-28/h5-7,9,11-13,15H,4,8,10,14H2,1-3H3/t24-/m1/s1. The molecule has 0 bridgehead atoms. The Morgan fingerprint density at radius 1 is 1.24 bits per heavy atom. The van der Waals surface area contributed by atoms with Gasteiger partial charge in [0.25, 0.3) is 0 Å². The first-order valence-corrected chi connectivity index (χ1v) is 13.5. The average molecular weight is 500 g/mol. The van der Waals surface area contributed by atoms with Crippen molar-refractivity contribution in [1.29, 1.82) is 0 Å². The van der Waals surface area contributed by atoms with Gasteiger partial charge in [0.2, 0.25) is 16.4 Å². The molecule has 0 unspecified atom stereocenters.